The molecular formula is C25H20O. The molecule has 0 N–H and O–H groups in total. The lowest BCUT2D eigenvalue weighted by Crippen LogP contribution is -1.88. The van der Waals surface area contributed by atoms with Crippen molar-refractivity contribution in [1.82, 2.24) is 0 Å². The zero-order valence-electron chi connectivity index (χ0n) is 14.5. The number of rotatable bonds is 5. The first-order valence-corrected chi connectivity index (χ1v) is 8.84. The van der Waals surface area contributed by atoms with E-state index in [2.05, 4.69) is 72.8 Å². The molecule has 0 aliphatic rings. The first kappa shape index (κ1) is 16.2. The lowest BCUT2D eigenvalue weighted by atomic mass is 10.0. The van der Waals surface area contributed by atoms with Gasteiger partial charge >= 0.3 is 0 Å². The molecule has 3 aromatic carbocycles. The van der Waals surface area contributed by atoms with Crippen LogP contribution in [0, 0.1) is 0 Å². The van der Waals surface area contributed by atoms with Crippen LogP contribution in [0.15, 0.2) is 101 Å². The first-order chi connectivity index (χ1) is 12.9. The average molecular weight is 336 g/mol. The molecule has 26 heavy (non-hydrogen) atoms. The standard InChI is InChI=1S/C25H20O/c1-4-10-20(11-5-1)16-17-23-19-24(22-14-8-3-9-15-22)25(26-23)18-21-12-6-2-7-13-21/h1-17,19H,18H2/b17-16+. The van der Waals surface area contributed by atoms with Crippen LogP contribution in [-0.4, -0.2) is 0 Å². The fourth-order valence-electron chi connectivity index (χ4n) is 3.05. The van der Waals surface area contributed by atoms with Gasteiger partial charge in [0.15, 0.2) is 0 Å². The highest BCUT2D eigenvalue weighted by Gasteiger charge is 2.12. The minimum absolute atomic E-state index is 0.782. The largest absolute Gasteiger partial charge is 0.461 e. The van der Waals surface area contributed by atoms with Crippen LogP contribution in [0.5, 0.6) is 0 Å². The van der Waals surface area contributed by atoms with E-state index < -0.39 is 0 Å². The van der Waals surface area contributed by atoms with Crippen LogP contribution >= 0.6 is 0 Å². The van der Waals surface area contributed by atoms with E-state index in [9.17, 15) is 0 Å². The number of benzene rings is 3. The summed E-state index contributed by atoms with van der Waals surface area (Å²) < 4.78 is 6.21. The van der Waals surface area contributed by atoms with E-state index in [1.165, 1.54) is 11.1 Å². The fraction of sp³-hybridized carbons (Fsp3) is 0.0400. The molecule has 0 amide bonds. The van der Waals surface area contributed by atoms with Crippen LogP contribution < -0.4 is 0 Å². The van der Waals surface area contributed by atoms with Crippen molar-refractivity contribution < 1.29 is 4.42 Å². The summed E-state index contributed by atoms with van der Waals surface area (Å²) >= 11 is 0. The molecule has 1 heterocycles. The second kappa shape index (κ2) is 7.71. The van der Waals surface area contributed by atoms with Crippen LogP contribution in [-0.2, 0) is 6.42 Å². The van der Waals surface area contributed by atoms with Crippen LogP contribution in [0.2, 0.25) is 0 Å². The molecule has 4 rings (SSSR count). The molecule has 0 unspecified atom stereocenters. The zero-order chi connectivity index (χ0) is 17.6. The molecule has 1 heteroatoms. The Morgan fingerprint density at radius 3 is 1.96 bits per heavy atom. The van der Waals surface area contributed by atoms with E-state index in [0.29, 0.717) is 0 Å². The second-order valence-corrected chi connectivity index (χ2v) is 6.26. The van der Waals surface area contributed by atoms with Crippen molar-refractivity contribution in [2.75, 3.05) is 0 Å². The predicted octanol–water partition coefficient (Wildman–Crippen LogP) is 6.71. The minimum Gasteiger partial charge on any atom is -0.461 e. The Kier molecular flexibility index (Phi) is 4.79. The Labute approximate surface area is 154 Å². The van der Waals surface area contributed by atoms with Gasteiger partial charge in [0.2, 0.25) is 0 Å². The van der Waals surface area contributed by atoms with E-state index in [1.807, 2.05) is 36.4 Å². The van der Waals surface area contributed by atoms with Crippen molar-refractivity contribution in [2.24, 2.45) is 0 Å². The number of hydrogen-bond donors (Lipinski definition) is 0. The monoisotopic (exact) mass is 336 g/mol. The molecule has 0 saturated carbocycles. The third kappa shape index (κ3) is 3.84. The normalized spacial score (nSPS) is 11.1. The van der Waals surface area contributed by atoms with Crippen LogP contribution in [0.25, 0.3) is 23.3 Å². The van der Waals surface area contributed by atoms with Gasteiger partial charge in [-0.05, 0) is 28.8 Å². The predicted molar refractivity (Wildman–Crippen MR) is 109 cm³/mol. The van der Waals surface area contributed by atoms with Gasteiger partial charge in [-0.15, -0.1) is 0 Å². The summed E-state index contributed by atoms with van der Waals surface area (Å²) in [5, 5.41) is 0. The number of hydrogen-bond acceptors (Lipinski definition) is 1. The van der Waals surface area contributed by atoms with Crippen molar-refractivity contribution in [3.05, 3.63) is 120 Å². The van der Waals surface area contributed by atoms with Crippen molar-refractivity contribution in [1.29, 1.82) is 0 Å². The molecular weight excluding hydrogens is 316 g/mol. The van der Waals surface area contributed by atoms with Gasteiger partial charge in [-0.1, -0.05) is 97.1 Å². The summed E-state index contributed by atoms with van der Waals surface area (Å²) in [4.78, 5) is 0. The molecule has 1 aromatic heterocycles. The van der Waals surface area contributed by atoms with Crippen molar-refractivity contribution >= 4 is 12.2 Å². The Hall–Kier alpha value is -3.32. The van der Waals surface area contributed by atoms with E-state index in [-0.39, 0.29) is 0 Å². The SMILES string of the molecule is C(=C\c1cc(-c2ccccc2)c(Cc2ccccc2)o1)/c1ccccc1. The number of furan rings is 1. The van der Waals surface area contributed by atoms with Gasteiger partial charge in [-0.25, -0.2) is 0 Å². The summed E-state index contributed by atoms with van der Waals surface area (Å²) in [5.74, 6) is 1.87. The van der Waals surface area contributed by atoms with Crippen molar-refractivity contribution in [3.63, 3.8) is 0 Å². The van der Waals surface area contributed by atoms with Gasteiger partial charge in [0.25, 0.3) is 0 Å². The minimum atomic E-state index is 0.782. The van der Waals surface area contributed by atoms with Gasteiger partial charge in [-0.2, -0.15) is 0 Å². The lowest BCUT2D eigenvalue weighted by Gasteiger charge is -2.03. The smallest absolute Gasteiger partial charge is 0.127 e. The molecule has 0 fully saturated rings. The first-order valence-electron chi connectivity index (χ1n) is 8.84. The summed E-state index contributed by atoms with van der Waals surface area (Å²) in [6.45, 7) is 0. The molecule has 0 bridgehead atoms. The van der Waals surface area contributed by atoms with E-state index >= 15 is 0 Å². The van der Waals surface area contributed by atoms with Crippen LogP contribution in [0.1, 0.15) is 22.6 Å². The molecule has 0 saturated heterocycles. The lowest BCUT2D eigenvalue weighted by molar-refractivity contribution is 0.513. The fourth-order valence-corrected chi connectivity index (χ4v) is 3.05. The Morgan fingerprint density at radius 1 is 0.654 bits per heavy atom. The van der Waals surface area contributed by atoms with Crippen LogP contribution in [0.4, 0.5) is 0 Å². The van der Waals surface area contributed by atoms with Crippen molar-refractivity contribution in [3.8, 4) is 11.1 Å². The Bertz CT molecular complexity index is 980. The topological polar surface area (TPSA) is 13.1 Å². The molecule has 0 radical (unpaired) electrons. The second-order valence-electron chi connectivity index (χ2n) is 6.26. The zero-order valence-corrected chi connectivity index (χ0v) is 14.5. The summed E-state index contributed by atoms with van der Waals surface area (Å²) in [6.07, 6.45) is 4.90. The molecule has 126 valence electrons. The maximum Gasteiger partial charge on any atom is 0.127 e. The maximum atomic E-state index is 6.21. The highest BCUT2D eigenvalue weighted by molar-refractivity contribution is 5.73. The summed E-state index contributed by atoms with van der Waals surface area (Å²) in [5.41, 5.74) is 4.75. The maximum absolute atomic E-state index is 6.21. The van der Waals surface area contributed by atoms with Crippen LogP contribution in [0.3, 0.4) is 0 Å². The van der Waals surface area contributed by atoms with Gasteiger partial charge in [0, 0.05) is 12.0 Å². The van der Waals surface area contributed by atoms with E-state index in [0.717, 1.165) is 29.1 Å². The highest BCUT2D eigenvalue weighted by atomic mass is 16.3. The van der Waals surface area contributed by atoms with Gasteiger partial charge in [0.05, 0.1) is 0 Å². The van der Waals surface area contributed by atoms with E-state index in [1.54, 1.807) is 0 Å². The Morgan fingerprint density at radius 2 is 1.27 bits per heavy atom. The third-order valence-electron chi connectivity index (χ3n) is 4.36. The van der Waals surface area contributed by atoms with Gasteiger partial charge < -0.3 is 4.42 Å². The molecule has 1 nitrogen and oxygen atoms in total. The molecule has 0 aliphatic heterocycles. The third-order valence-corrected chi connectivity index (χ3v) is 4.36. The quantitative estimate of drug-likeness (QED) is 0.395. The van der Waals surface area contributed by atoms with Gasteiger partial charge in [-0.3, -0.25) is 0 Å². The molecule has 0 spiro atoms. The van der Waals surface area contributed by atoms with Gasteiger partial charge in [0.1, 0.15) is 11.5 Å². The molecule has 0 atom stereocenters. The Balaban J connectivity index is 1.69. The molecule has 0 aliphatic carbocycles. The van der Waals surface area contributed by atoms with Crippen molar-refractivity contribution in [2.45, 2.75) is 6.42 Å². The summed E-state index contributed by atoms with van der Waals surface area (Å²) in [6, 6.07) is 33.3. The summed E-state index contributed by atoms with van der Waals surface area (Å²) in [7, 11) is 0. The van der Waals surface area contributed by atoms with E-state index in [4.69, 9.17) is 4.42 Å². The average Bonchev–Trinajstić information content (AvgIpc) is 3.11. The molecule has 4 aromatic rings. The highest BCUT2D eigenvalue weighted by Crippen LogP contribution is 2.30.